The van der Waals surface area contributed by atoms with Crippen LogP contribution in [0.4, 0.5) is 5.69 Å². The zero-order chi connectivity index (χ0) is 25.8. The highest BCUT2D eigenvalue weighted by atomic mass is 35.5. The average molecular weight is 520 g/mol. The molecule has 2 aromatic carbocycles. The summed E-state index contributed by atoms with van der Waals surface area (Å²) in [6.45, 7) is 8.13. The molecular weight excluding hydrogens is 486 g/mol. The van der Waals surface area contributed by atoms with Crippen LogP contribution >= 0.6 is 11.6 Å². The number of hydrogen-bond acceptors (Lipinski definition) is 5. The minimum absolute atomic E-state index is 0.0599. The molecule has 0 radical (unpaired) electrons. The molecule has 2 aromatic rings. The molecule has 0 atom stereocenters. The minimum atomic E-state index is -4.10. The third-order valence-corrected chi connectivity index (χ3v) is 8.44. The van der Waals surface area contributed by atoms with Gasteiger partial charge in [-0.05, 0) is 74.3 Å². The Balaban J connectivity index is 1.85. The van der Waals surface area contributed by atoms with Crippen molar-refractivity contribution in [1.82, 2.24) is 5.43 Å². The molecule has 0 aliphatic heterocycles. The van der Waals surface area contributed by atoms with Crippen molar-refractivity contribution in [2.45, 2.75) is 58.3 Å². The van der Waals surface area contributed by atoms with Crippen LogP contribution in [0.5, 0.6) is 5.75 Å². The summed E-state index contributed by atoms with van der Waals surface area (Å²) in [4.78, 5) is 13.0. The van der Waals surface area contributed by atoms with Crippen LogP contribution in [0.1, 0.15) is 52.0 Å². The molecule has 1 amide bonds. The number of sulfonamides is 1. The Morgan fingerprint density at radius 2 is 1.77 bits per heavy atom. The van der Waals surface area contributed by atoms with Crippen LogP contribution in [0.15, 0.2) is 52.5 Å². The third kappa shape index (κ3) is 6.76. The molecule has 1 aliphatic carbocycles. The number of nitrogens with one attached hydrogen (secondary N) is 1. The van der Waals surface area contributed by atoms with Gasteiger partial charge in [-0.2, -0.15) is 5.10 Å². The van der Waals surface area contributed by atoms with Gasteiger partial charge in [0.25, 0.3) is 15.9 Å². The Morgan fingerprint density at radius 3 is 2.34 bits per heavy atom. The van der Waals surface area contributed by atoms with Gasteiger partial charge in [-0.1, -0.05) is 50.1 Å². The minimum Gasteiger partial charge on any atom is -0.495 e. The van der Waals surface area contributed by atoms with E-state index in [2.05, 4.69) is 31.3 Å². The number of rotatable bonds is 7. The highest BCUT2D eigenvalue weighted by Crippen LogP contribution is 2.37. The summed E-state index contributed by atoms with van der Waals surface area (Å²) in [6.07, 6.45) is 3.67. The fourth-order valence-electron chi connectivity index (χ4n) is 4.23. The molecule has 9 heteroatoms. The molecule has 0 aromatic heterocycles. The molecule has 1 fully saturated rings. The summed E-state index contributed by atoms with van der Waals surface area (Å²) in [6, 6.07) is 11.1. The second-order valence-electron chi connectivity index (χ2n) is 9.99. The molecule has 7 nitrogen and oxygen atoms in total. The van der Waals surface area contributed by atoms with Crippen molar-refractivity contribution in [3.8, 4) is 5.75 Å². The third-order valence-electron chi connectivity index (χ3n) is 6.43. The molecule has 1 N–H and O–H groups in total. The van der Waals surface area contributed by atoms with Gasteiger partial charge < -0.3 is 4.74 Å². The molecule has 3 rings (SSSR count). The number of methoxy groups -OCH3 is 1. The zero-order valence-corrected chi connectivity index (χ0v) is 22.5. The SMILES string of the molecule is COc1ccc(Cl)cc1N(CC(=O)NN=C1CCC(C(C)(C)C)CC1)S(=O)(=O)c1ccc(C)cc1. The van der Waals surface area contributed by atoms with E-state index in [-0.39, 0.29) is 21.7 Å². The molecule has 0 saturated heterocycles. The summed E-state index contributed by atoms with van der Waals surface area (Å²) < 4.78 is 33.6. The van der Waals surface area contributed by atoms with E-state index in [1.807, 2.05) is 6.92 Å². The van der Waals surface area contributed by atoms with Crippen molar-refractivity contribution >= 4 is 38.9 Å². The van der Waals surface area contributed by atoms with Gasteiger partial charge in [-0.25, -0.2) is 13.8 Å². The lowest BCUT2D eigenvalue weighted by atomic mass is 9.72. The zero-order valence-electron chi connectivity index (χ0n) is 21.0. The van der Waals surface area contributed by atoms with Crippen molar-refractivity contribution in [3.63, 3.8) is 0 Å². The van der Waals surface area contributed by atoms with Crippen molar-refractivity contribution in [2.75, 3.05) is 18.0 Å². The fraction of sp³-hybridized carbons (Fsp3) is 0.462. The number of aryl methyl sites for hydroxylation is 1. The molecule has 1 saturated carbocycles. The van der Waals surface area contributed by atoms with E-state index in [4.69, 9.17) is 16.3 Å². The number of ether oxygens (including phenoxy) is 1. The van der Waals surface area contributed by atoms with Crippen LogP contribution in [0.3, 0.4) is 0 Å². The standard InChI is InChI=1S/C26H34ClN3O4S/c1-18-6-13-22(14-7-18)35(32,33)30(23-16-20(27)10-15-24(23)34-5)17-25(31)29-28-21-11-8-19(9-12-21)26(2,3)4/h6-7,10,13-16,19H,8-9,11-12,17H2,1-5H3,(H,29,31). The second kappa shape index (κ2) is 11.0. The molecule has 0 spiro atoms. The first-order chi connectivity index (χ1) is 16.4. The molecule has 190 valence electrons. The maximum atomic E-state index is 13.6. The van der Waals surface area contributed by atoms with Gasteiger partial charge in [0.2, 0.25) is 0 Å². The van der Waals surface area contributed by atoms with E-state index in [0.29, 0.717) is 10.9 Å². The van der Waals surface area contributed by atoms with Gasteiger partial charge >= 0.3 is 0 Å². The number of halogens is 1. The average Bonchev–Trinajstić information content (AvgIpc) is 2.81. The van der Waals surface area contributed by atoms with Crippen molar-refractivity contribution in [3.05, 3.63) is 53.1 Å². The Hall–Kier alpha value is -2.58. The first kappa shape index (κ1) is 27.0. The van der Waals surface area contributed by atoms with Crippen molar-refractivity contribution < 1.29 is 17.9 Å². The second-order valence-corrected chi connectivity index (χ2v) is 12.3. The van der Waals surface area contributed by atoms with Gasteiger partial charge in [0.1, 0.15) is 12.3 Å². The predicted octanol–water partition coefficient (Wildman–Crippen LogP) is 5.56. The van der Waals surface area contributed by atoms with E-state index < -0.39 is 22.5 Å². The van der Waals surface area contributed by atoms with Crippen LogP contribution in [0.25, 0.3) is 0 Å². The number of hydrazone groups is 1. The van der Waals surface area contributed by atoms with Gasteiger partial charge in [0.05, 0.1) is 17.7 Å². The summed E-state index contributed by atoms with van der Waals surface area (Å²) in [5.74, 6) is 0.348. The normalized spacial score (nSPS) is 16.5. The number of carbonyl (C=O) groups is 1. The van der Waals surface area contributed by atoms with Crippen LogP contribution < -0.4 is 14.5 Å². The summed E-state index contributed by atoms with van der Waals surface area (Å²) in [5.41, 5.74) is 4.83. The number of amides is 1. The predicted molar refractivity (Wildman–Crippen MR) is 141 cm³/mol. The lowest BCUT2D eigenvalue weighted by Crippen LogP contribution is -2.40. The smallest absolute Gasteiger partial charge is 0.264 e. The number of carbonyl (C=O) groups excluding carboxylic acids is 1. The van der Waals surface area contributed by atoms with E-state index in [0.717, 1.165) is 41.3 Å². The van der Waals surface area contributed by atoms with Crippen LogP contribution in [0, 0.1) is 18.3 Å². The molecule has 0 heterocycles. The van der Waals surface area contributed by atoms with Crippen LogP contribution in [-0.4, -0.2) is 33.7 Å². The van der Waals surface area contributed by atoms with Gasteiger partial charge in [-0.15, -0.1) is 0 Å². The first-order valence-electron chi connectivity index (χ1n) is 11.7. The number of nitrogens with zero attached hydrogens (tertiary/aromatic N) is 2. The van der Waals surface area contributed by atoms with E-state index >= 15 is 0 Å². The Morgan fingerprint density at radius 1 is 1.14 bits per heavy atom. The maximum Gasteiger partial charge on any atom is 0.264 e. The van der Waals surface area contributed by atoms with E-state index in [1.54, 1.807) is 24.3 Å². The summed E-state index contributed by atoms with van der Waals surface area (Å²) in [7, 11) is -2.66. The highest BCUT2D eigenvalue weighted by Gasteiger charge is 2.31. The lowest BCUT2D eigenvalue weighted by molar-refractivity contribution is -0.119. The van der Waals surface area contributed by atoms with Crippen molar-refractivity contribution in [1.29, 1.82) is 0 Å². The van der Waals surface area contributed by atoms with Gasteiger partial charge in [-0.3, -0.25) is 9.10 Å². The van der Waals surface area contributed by atoms with E-state index in [1.165, 1.54) is 25.3 Å². The largest absolute Gasteiger partial charge is 0.495 e. The molecule has 1 aliphatic rings. The Labute approximate surface area is 213 Å². The van der Waals surface area contributed by atoms with E-state index in [9.17, 15) is 13.2 Å². The molecule has 0 unspecified atom stereocenters. The summed E-state index contributed by atoms with van der Waals surface area (Å²) >= 11 is 6.18. The van der Waals surface area contributed by atoms with Crippen LogP contribution in [-0.2, 0) is 14.8 Å². The van der Waals surface area contributed by atoms with Gasteiger partial charge in [0.15, 0.2) is 0 Å². The molecule has 0 bridgehead atoms. The Kier molecular flexibility index (Phi) is 8.49. The summed E-state index contributed by atoms with van der Waals surface area (Å²) in [5, 5.41) is 4.63. The number of anilines is 1. The maximum absolute atomic E-state index is 13.6. The molecule has 35 heavy (non-hydrogen) atoms. The highest BCUT2D eigenvalue weighted by molar-refractivity contribution is 7.92. The van der Waals surface area contributed by atoms with Gasteiger partial charge in [0, 0.05) is 10.7 Å². The topological polar surface area (TPSA) is 88.1 Å². The Bertz CT molecular complexity index is 1180. The van der Waals surface area contributed by atoms with Crippen molar-refractivity contribution in [2.24, 2.45) is 16.4 Å². The fourth-order valence-corrected chi connectivity index (χ4v) is 5.82. The number of benzene rings is 2. The lowest BCUT2D eigenvalue weighted by Gasteiger charge is -2.34. The van der Waals surface area contributed by atoms with Crippen LogP contribution in [0.2, 0.25) is 5.02 Å². The monoisotopic (exact) mass is 519 g/mol. The first-order valence-corrected chi connectivity index (χ1v) is 13.5. The molecular formula is C26H34ClN3O4S. The quantitative estimate of drug-likeness (QED) is 0.485. The number of hydrogen-bond donors (Lipinski definition) is 1.